The number of hydrogen-bond acceptors (Lipinski definition) is 4. The lowest BCUT2D eigenvalue weighted by Crippen LogP contribution is -2.39. The Morgan fingerprint density at radius 3 is 2.75 bits per heavy atom. The topological polar surface area (TPSA) is 77.0 Å². The minimum atomic E-state index is -0.303. The van der Waals surface area contributed by atoms with Crippen LogP contribution in [0.3, 0.4) is 0 Å². The molecule has 1 aromatic heterocycles. The summed E-state index contributed by atoms with van der Waals surface area (Å²) in [5.41, 5.74) is 6.80. The van der Waals surface area contributed by atoms with Crippen LogP contribution in [0.5, 0.6) is 0 Å². The number of rotatable bonds is 5. The summed E-state index contributed by atoms with van der Waals surface area (Å²) in [6, 6.07) is -0.394. The van der Waals surface area contributed by atoms with Gasteiger partial charge in [0.1, 0.15) is 6.04 Å². The fraction of sp³-hybridized carbons (Fsp3) is 0.786. The highest BCUT2D eigenvalue weighted by atomic mass is 16.2. The molecule has 0 spiro atoms. The van der Waals surface area contributed by atoms with E-state index in [1.165, 1.54) is 6.42 Å². The van der Waals surface area contributed by atoms with Gasteiger partial charge in [0.15, 0.2) is 0 Å². The first-order valence-corrected chi connectivity index (χ1v) is 7.59. The van der Waals surface area contributed by atoms with Crippen LogP contribution in [0.15, 0.2) is 6.20 Å². The summed E-state index contributed by atoms with van der Waals surface area (Å²) in [5.74, 6) is 0.130. The summed E-state index contributed by atoms with van der Waals surface area (Å²) < 4.78 is 1.64. The number of nitrogens with two attached hydrogens (primary N) is 1. The zero-order valence-corrected chi connectivity index (χ0v) is 12.5. The van der Waals surface area contributed by atoms with E-state index in [1.54, 1.807) is 4.68 Å². The standard InChI is InChI=1S/C14H25N5O/c1-3-7-12(15)13-10-19(17-16-13)11(2)14(20)18-8-5-4-6-9-18/h10-12H,3-9,15H2,1-2H3. The molecule has 2 atom stereocenters. The Morgan fingerprint density at radius 2 is 2.10 bits per heavy atom. The number of carbonyl (C=O) groups excluding carboxylic acids is 1. The molecular formula is C14H25N5O. The molecule has 1 amide bonds. The number of carbonyl (C=O) groups is 1. The van der Waals surface area contributed by atoms with Gasteiger partial charge in [0.25, 0.3) is 0 Å². The predicted octanol–water partition coefficient (Wildman–Crippen LogP) is 1.65. The van der Waals surface area contributed by atoms with E-state index in [4.69, 9.17) is 5.73 Å². The zero-order chi connectivity index (χ0) is 14.5. The van der Waals surface area contributed by atoms with Crippen molar-refractivity contribution in [2.24, 2.45) is 5.73 Å². The van der Waals surface area contributed by atoms with Gasteiger partial charge in [-0.25, -0.2) is 4.68 Å². The maximum Gasteiger partial charge on any atom is 0.247 e. The summed E-state index contributed by atoms with van der Waals surface area (Å²) in [7, 11) is 0. The summed E-state index contributed by atoms with van der Waals surface area (Å²) in [6.07, 6.45) is 7.12. The molecule has 2 rings (SSSR count). The first kappa shape index (κ1) is 15.0. The molecule has 0 radical (unpaired) electrons. The van der Waals surface area contributed by atoms with Gasteiger partial charge in [-0.05, 0) is 32.6 Å². The van der Waals surface area contributed by atoms with Crippen LogP contribution in [0.1, 0.15) is 63.7 Å². The zero-order valence-electron chi connectivity index (χ0n) is 12.5. The number of amides is 1. The van der Waals surface area contributed by atoms with Crippen molar-refractivity contribution in [3.8, 4) is 0 Å². The van der Waals surface area contributed by atoms with Crippen LogP contribution >= 0.6 is 0 Å². The van der Waals surface area contributed by atoms with E-state index in [0.717, 1.165) is 44.5 Å². The SMILES string of the molecule is CCCC(N)c1cn(C(C)C(=O)N2CCCCC2)nn1. The van der Waals surface area contributed by atoms with E-state index >= 15 is 0 Å². The predicted molar refractivity (Wildman–Crippen MR) is 77.0 cm³/mol. The first-order valence-electron chi connectivity index (χ1n) is 7.59. The number of aromatic nitrogens is 3. The molecule has 1 fully saturated rings. The summed E-state index contributed by atoms with van der Waals surface area (Å²) in [5, 5.41) is 8.18. The molecule has 2 heterocycles. The minimum absolute atomic E-state index is 0.0916. The Balaban J connectivity index is 2.01. The van der Waals surface area contributed by atoms with Crippen LogP contribution in [-0.2, 0) is 4.79 Å². The number of nitrogens with zero attached hydrogens (tertiary/aromatic N) is 4. The molecule has 0 aromatic carbocycles. The second-order valence-corrected chi connectivity index (χ2v) is 5.58. The molecule has 20 heavy (non-hydrogen) atoms. The molecular weight excluding hydrogens is 254 g/mol. The maximum absolute atomic E-state index is 12.4. The molecule has 112 valence electrons. The van der Waals surface area contributed by atoms with Crippen molar-refractivity contribution >= 4 is 5.91 Å². The van der Waals surface area contributed by atoms with Gasteiger partial charge < -0.3 is 10.6 Å². The Morgan fingerprint density at radius 1 is 1.40 bits per heavy atom. The van der Waals surface area contributed by atoms with Gasteiger partial charge in [0.05, 0.1) is 17.9 Å². The van der Waals surface area contributed by atoms with Crippen molar-refractivity contribution < 1.29 is 4.79 Å². The maximum atomic E-state index is 12.4. The van der Waals surface area contributed by atoms with Crippen LogP contribution in [-0.4, -0.2) is 38.9 Å². The van der Waals surface area contributed by atoms with Crippen molar-refractivity contribution in [1.82, 2.24) is 19.9 Å². The number of hydrogen-bond donors (Lipinski definition) is 1. The fourth-order valence-corrected chi connectivity index (χ4v) is 2.60. The van der Waals surface area contributed by atoms with Crippen LogP contribution in [0.4, 0.5) is 0 Å². The van der Waals surface area contributed by atoms with Crippen molar-refractivity contribution in [3.63, 3.8) is 0 Å². The van der Waals surface area contributed by atoms with Gasteiger partial charge in [0, 0.05) is 13.1 Å². The highest BCUT2D eigenvalue weighted by Gasteiger charge is 2.24. The monoisotopic (exact) mass is 279 g/mol. The van der Waals surface area contributed by atoms with Crippen LogP contribution in [0.25, 0.3) is 0 Å². The van der Waals surface area contributed by atoms with Gasteiger partial charge in [-0.15, -0.1) is 5.10 Å². The number of likely N-dealkylation sites (tertiary alicyclic amines) is 1. The molecule has 0 saturated carbocycles. The van der Waals surface area contributed by atoms with Crippen molar-refractivity contribution in [3.05, 3.63) is 11.9 Å². The van der Waals surface area contributed by atoms with Gasteiger partial charge in [-0.1, -0.05) is 18.6 Å². The average Bonchev–Trinajstić information content (AvgIpc) is 2.97. The Kier molecular flexibility index (Phi) is 5.11. The molecule has 6 nitrogen and oxygen atoms in total. The molecule has 1 aliphatic heterocycles. The second kappa shape index (κ2) is 6.83. The fourth-order valence-electron chi connectivity index (χ4n) is 2.60. The summed E-state index contributed by atoms with van der Waals surface area (Å²) in [4.78, 5) is 14.3. The molecule has 0 bridgehead atoms. The van der Waals surface area contributed by atoms with E-state index in [-0.39, 0.29) is 18.0 Å². The van der Waals surface area contributed by atoms with E-state index in [1.807, 2.05) is 18.0 Å². The van der Waals surface area contributed by atoms with Crippen LogP contribution in [0, 0.1) is 0 Å². The molecule has 1 aromatic rings. The van der Waals surface area contributed by atoms with Crippen molar-refractivity contribution in [2.75, 3.05) is 13.1 Å². The molecule has 0 aliphatic carbocycles. The average molecular weight is 279 g/mol. The highest BCUT2D eigenvalue weighted by Crippen LogP contribution is 2.17. The van der Waals surface area contributed by atoms with E-state index in [0.29, 0.717) is 0 Å². The Hall–Kier alpha value is -1.43. The largest absolute Gasteiger partial charge is 0.341 e. The normalized spacial score (nSPS) is 18.9. The van der Waals surface area contributed by atoms with Crippen molar-refractivity contribution in [2.45, 2.75) is 58.0 Å². The molecule has 2 unspecified atom stereocenters. The Bertz CT molecular complexity index is 439. The quantitative estimate of drug-likeness (QED) is 0.889. The second-order valence-electron chi connectivity index (χ2n) is 5.58. The van der Waals surface area contributed by atoms with Gasteiger partial charge >= 0.3 is 0 Å². The molecule has 2 N–H and O–H groups in total. The van der Waals surface area contributed by atoms with E-state index in [9.17, 15) is 4.79 Å². The molecule has 1 aliphatic rings. The number of piperidine rings is 1. The Labute approximate surface area is 120 Å². The van der Waals surface area contributed by atoms with E-state index in [2.05, 4.69) is 17.2 Å². The summed E-state index contributed by atoms with van der Waals surface area (Å²) in [6.45, 7) is 5.69. The third-order valence-electron chi connectivity index (χ3n) is 3.93. The van der Waals surface area contributed by atoms with E-state index < -0.39 is 0 Å². The van der Waals surface area contributed by atoms with Crippen molar-refractivity contribution in [1.29, 1.82) is 0 Å². The van der Waals surface area contributed by atoms with Gasteiger partial charge in [-0.2, -0.15) is 0 Å². The minimum Gasteiger partial charge on any atom is -0.341 e. The van der Waals surface area contributed by atoms with Gasteiger partial charge in [-0.3, -0.25) is 4.79 Å². The van der Waals surface area contributed by atoms with Gasteiger partial charge in [0.2, 0.25) is 5.91 Å². The lowest BCUT2D eigenvalue weighted by atomic mass is 10.1. The third-order valence-corrected chi connectivity index (χ3v) is 3.93. The van der Waals surface area contributed by atoms with Crippen LogP contribution in [0.2, 0.25) is 0 Å². The molecule has 6 heteroatoms. The lowest BCUT2D eigenvalue weighted by Gasteiger charge is -2.29. The lowest BCUT2D eigenvalue weighted by molar-refractivity contribution is -0.135. The highest BCUT2D eigenvalue weighted by molar-refractivity contribution is 5.80. The first-order chi connectivity index (χ1) is 9.63. The summed E-state index contributed by atoms with van der Waals surface area (Å²) >= 11 is 0. The third kappa shape index (κ3) is 3.36. The smallest absolute Gasteiger partial charge is 0.247 e. The molecule has 1 saturated heterocycles. The van der Waals surface area contributed by atoms with Crippen LogP contribution < -0.4 is 5.73 Å².